The first-order valence-corrected chi connectivity index (χ1v) is 10.7. The Labute approximate surface area is 187 Å². The van der Waals surface area contributed by atoms with Crippen molar-refractivity contribution in [3.63, 3.8) is 0 Å². The van der Waals surface area contributed by atoms with Crippen LogP contribution in [0.1, 0.15) is 17.2 Å². The lowest BCUT2D eigenvalue weighted by Gasteiger charge is -2.37. The number of ether oxygens (including phenoxy) is 1. The van der Waals surface area contributed by atoms with Gasteiger partial charge in [0.25, 0.3) is 11.6 Å². The van der Waals surface area contributed by atoms with E-state index in [2.05, 4.69) is 48.5 Å². The van der Waals surface area contributed by atoms with E-state index in [1.807, 2.05) is 17.0 Å². The molecule has 1 aliphatic rings. The van der Waals surface area contributed by atoms with Gasteiger partial charge in [-0.3, -0.25) is 14.9 Å². The van der Waals surface area contributed by atoms with Crippen molar-refractivity contribution in [3.8, 4) is 5.75 Å². The van der Waals surface area contributed by atoms with Crippen LogP contribution in [0.15, 0.2) is 84.9 Å². The minimum Gasteiger partial charge on any atom is -0.484 e. The Morgan fingerprint density at radius 3 is 1.94 bits per heavy atom. The lowest BCUT2D eigenvalue weighted by molar-refractivity contribution is -0.929. The fourth-order valence-electron chi connectivity index (χ4n) is 4.19. The number of nitrogens with zero attached hydrogens (tertiary/aromatic N) is 2. The summed E-state index contributed by atoms with van der Waals surface area (Å²) in [6, 6.07) is 27.0. The molecule has 0 bridgehead atoms. The molecule has 0 unspecified atom stereocenters. The number of hydrogen-bond acceptors (Lipinski definition) is 4. The van der Waals surface area contributed by atoms with Gasteiger partial charge in [-0.05, 0) is 12.1 Å². The van der Waals surface area contributed by atoms with Crippen molar-refractivity contribution < 1.29 is 19.4 Å². The van der Waals surface area contributed by atoms with E-state index in [1.54, 1.807) is 0 Å². The van der Waals surface area contributed by atoms with Crippen LogP contribution in [0.3, 0.4) is 0 Å². The van der Waals surface area contributed by atoms with Crippen LogP contribution in [-0.2, 0) is 4.79 Å². The van der Waals surface area contributed by atoms with E-state index in [9.17, 15) is 14.9 Å². The number of nitro groups is 1. The standard InChI is InChI=1S/C25H25N3O4/c29-24(19-32-23-13-11-22(12-14-23)28(30)31)26-15-17-27(18-16-26)25(20-7-3-1-4-8-20)21-9-5-2-6-10-21/h1-14,25H,15-19H2/p+1. The number of rotatable bonds is 7. The summed E-state index contributed by atoms with van der Waals surface area (Å²) in [6.45, 7) is 2.94. The summed E-state index contributed by atoms with van der Waals surface area (Å²) in [6.07, 6.45) is 0. The second-order valence-electron chi connectivity index (χ2n) is 7.83. The van der Waals surface area contributed by atoms with E-state index in [1.165, 1.54) is 40.3 Å². The van der Waals surface area contributed by atoms with Crippen LogP contribution in [0.4, 0.5) is 5.69 Å². The van der Waals surface area contributed by atoms with Gasteiger partial charge < -0.3 is 14.5 Å². The molecule has 7 nitrogen and oxygen atoms in total. The number of nitrogens with one attached hydrogen (secondary N) is 1. The number of nitro benzene ring substituents is 1. The maximum Gasteiger partial charge on any atom is 0.269 e. The molecule has 0 aliphatic carbocycles. The van der Waals surface area contributed by atoms with Crippen molar-refractivity contribution in [2.45, 2.75) is 6.04 Å². The van der Waals surface area contributed by atoms with Gasteiger partial charge >= 0.3 is 0 Å². The van der Waals surface area contributed by atoms with E-state index in [4.69, 9.17) is 4.74 Å². The van der Waals surface area contributed by atoms with Gasteiger partial charge in [-0.1, -0.05) is 60.7 Å². The third-order valence-electron chi connectivity index (χ3n) is 5.84. The van der Waals surface area contributed by atoms with Gasteiger partial charge in [0.05, 0.1) is 31.1 Å². The van der Waals surface area contributed by atoms with Crippen molar-refractivity contribution in [1.82, 2.24) is 4.90 Å². The number of benzene rings is 3. The number of carbonyl (C=O) groups excluding carboxylic acids is 1. The molecule has 3 aromatic carbocycles. The average molecular weight is 433 g/mol. The monoisotopic (exact) mass is 432 g/mol. The molecule has 0 atom stereocenters. The zero-order valence-electron chi connectivity index (χ0n) is 17.7. The molecule has 1 heterocycles. The predicted molar refractivity (Wildman–Crippen MR) is 121 cm³/mol. The maximum absolute atomic E-state index is 12.6. The highest BCUT2D eigenvalue weighted by Crippen LogP contribution is 2.20. The summed E-state index contributed by atoms with van der Waals surface area (Å²) in [4.78, 5) is 26.2. The molecular weight excluding hydrogens is 406 g/mol. The van der Waals surface area contributed by atoms with Crippen LogP contribution in [0.5, 0.6) is 5.75 Å². The SMILES string of the molecule is O=C(COc1ccc([N+](=O)[O-])cc1)N1CC[NH+](C(c2ccccc2)c2ccccc2)CC1. The van der Waals surface area contributed by atoms with Gasteiger partial charge in [-0.25, -0.2) is 0 Å². The van der Waals surface area contributed by atoms with E-state index in [-0.39, 0.29) is 24.2 Å². The van der Waals surface area contributed by atoms with Gasteiger partial charge in [0.1, 0.15) is 11.8 Å². The van der Waals surface area contributed by atoms with Crippen molar-refractivity contribution in [1.29, 1.82) is 0 Å². The highest BCUT2D eigenvalue weighted by Gasteiger charge is 2.31. The first kappa shape index (κ1) is 21.5. The molecule has 1 N–H and O–H groups in total. The van der Waals surface area contributed by atoms with Crippen molar-refractivity contribution in [2.75, 3.05) is 32.8 Å². The quantitative estimate of drug-likeness (QED) is 0.460. The van der Waals surface area contributed by atoms with Gasteiger partial charge in [0.2, 0.25) is 0 Å². The Hall–Kier alpha value is -3.71. The molecule has 164 valence electrons. The summed E-state index contributed by atoms with van der Waals surface area (Å²) in [5, 5.41) is 10.7. The summed E-state index contributed by atoms with van der Waals surface area (Å²) in [7, 11) is 0. The van der Waals surface area contributed by atoms with Crippen LogP contribution in [0.25, 0.3) is 0 Å². The van der Waals surface area contributed by atoms with Crippen LogP contribution in [0.2, 0.25) is 0 Å². The second-order valence-corrected chi connectivity index (χ2v) is 7.83. The summed E-state index contributed by atoms with van der Waals surface area (Å²) < 4.78 is 5.55. The third-order valence-corrected chi connectivity index (χ3v) is 5.84. The van der Waals surface area contributed by atoms with Gasteiger partial charge in [0, 0.05) is 23.3 Å². The zero-order chi connectivity index (χ0) is 22.3. The van der Waals surface area contributed by atoms with Gasteiger partial charge in [0.15, 0.2) is 6.61 Å². The van der Waals surface area contributed by atoms with E-state index < -0.39 is 4.92 Å². The number of quaternary nitrogens is 1. The van der Waals surface area contributed by atoms with Crippen LogP contribution >= 0.6 is 0 Å². The Morgan fingerprint density at radius 1 is 0.906 bits per heavy atom. The van der Waals surface area contributed by atoms with Gasteiger partial charge in [-0.15, -0.1) is 0 Å². The predicted octanol–water partition coefficient (Wildman–Crippen LogP) is 2.49. The minimum atomic E-state index is -0.463. The van der Waals surface area contributed by atoms with E-state index in [0.717, 1.165) is 13.1 Å². The van der Waals surface area contributed by atoms with E-state index >= 15 is 0 Å². The summed E-state index contributed by atoms with van der Waals surface area (Å²) in [5.74, 6) is 0.375. The number of carbonyl (C=O) groups is 1. The Balaban J connectivity index is 1.36. The normalized spacial score (nSPS) is 14.3. The molecule has 0 saturated carbocycles. The lowest BCUT2D eigenvalue weighted by Crippen LogP contribution is -3.15. The molecule has 3 aromatic rings. The largest absolute Gasteiger partial charge is 0.484 e. The molecule has 0 aromatic heterocycles. The molecule has 0 radical (unpaired) electrons. The van der Waals surface area contributed by atoms with Crippen molar-refractivity contribution >= 4 is 11.6 Å². The first-order valence-electron chi connectivity index (χ1n) is 10.7. The van der Waals surface area contributed by atoms with Crippen LogP contribution < -0.4 is 9.64 Å². The van der Waals surface area contributed by atoms with E-state index in [0.29, 0.717) is 18.8 Å². The minimum absolute atomic E-state index is 0.00541. The zero-order valence-corrected chi connectivity index (χ0v) is 17.7. The van der Waals surface area contributed by atoms with Crippen molar-refractivity contribution in [2.24, 2.45) is 0 Å². The fourth-order valence-corrected chi connectivity index (χ4v) is 4.19. The molecule has 1 saturated heterocycles. The fraction of sp³-hybridized carbons (Fsp3) is 0.240. The molecule has 1 fully saturated rings. The molecule has 0 spiro atoms. The summed E-state index contributed by atoms with van der Waals surface area (Å²) >= 11 is 0. The Morgan fingerprint density at radius 2 is 1.44 bits per heavy atom. The van der Waals surface area contributed by atoms with Crippen molar-refractivity contribution in [3.05, 3.63) is 106 Å². The molecule has 32 heavy (non-hydrogen) atoms. The van der Waals surface area contributed by atoms with Crippen LogP contribution in [0, 0.1) is 10.1 Å². The third kappa shape index (κ3) is 5.12. The first-order chi connectivity index (χ1) is 15.6. The highest BCUT2D eigenvalue weighted by atomic mass is 16.6. The summed E-state index contributed by atoms with van der Waals surface area (Å²) in [5.41, 5.74) is 2.54. The number of amides is 1. The molecule has 7 heteroatoms. The molecule has 1 amide bonds. The van der Waals surface area contributed by atoms with Crippen LogP contribution in [-0.4, -0.2) is 48.5 Å². The average Bonchev–Trinajstić information content (AvgIpc) is 2.85. The highest BCUT2D eigenvalue weighted by molar-refractivity contribution is 5.77. The molecule has 1 aliphatic heterocycles. The number of piperazine rings is 1. The lowest BCUT2D eigenvalue weighted by atomic mass is 9.96. The second kappa shape index (κ2) is 10.1. The topological polar surface area (TPSA) is 77.1 Å². The Bertz CT molecular complexity index is 994. The smallest absolute Gasteiger partial charge is 0.269 e. The number of hydrogen-bond donors (Lipinski definition) is 1. The maximum atomic E-state index is 12.6. The Kier molecular flexibility index (Phi) is 6.77. The molecule has 4 rings (SSSR count). The molecular formula is C25H26N3O4+. The van der Waals surface area contributed by atoms with Gasteiger partial charge in [-0.2, -0.15) is 0 Å². The number of non-ortho nitro benzene ring substituents is 1.